The maximum Gasteiger partial charge on any atom is 0.433 e. The van der Waals surface area contributed by atoms with Gasteiger partial charge in [0.15, 0.2) is 5.76 Å². The van der Waals surface area contributed by atoms with Crippen molar-refractivity contribution in [2.45, 2.75) is 19.4 Å². The molecular formula is C12H12N2O5. The first kappa shape index (κ1) is 12.9. The molecule has 1 atom stereocenters. The molecule has 0 saturated heterocycles. The zero-order valence-electron chi connectivity index (χ0n) is 10.2. The Kier molecular flexibility index (Phi) is 3.65. The van der Waals surface area contributed by atoms with E-state index in [0.29, 0.717) is 6.42 Å². The van der Waals surface area contributed by atoms with Crippen molar-refractivity contribution in [2.75, 3.05) is 0 Å². The molecule has 0 spiro atoms. The van der Waals surface area contributed by atoms with Crippen molar-refractivity contribution >= 4 is 11.8 Å². The minimum atomic E-state index is -0.691. The van der Waals surface area contributed by atoms with Gasteiger partial charge in [0.1, 0.15) is 10.7 Å². The normalized spacial score (nSPS) is 12.1. The maximum atomic E-state index is 11.8. The fourth-order valence-electron chi connectivity index (χ4n) is 1.62. The third-order valence-corrected chi connectivity index (χ3v) is 2.46. The van der Waals surface area contributed by atoms with E-state index < -0.39 is 16.7 Å². The SMILES string of the molecule is CC(Cc1ccco1)NC(=O)c1ccc([N+](=O)[O-])o1. The second-order valence-electron chi connectivity index (χ2n) is 4.05. The number of rotatable bonds is 5. The van der Waals surface area contributed by atoms with E-state index in [1.165, 1.54) is 6.07 Å². The van der Waals surface area contributed by atoms with Gasteiger partial charge in [0.2, 0.25) is 0 Å². The van der Waals surface area contributed by atoms with Gasteiger partial charge in [0, 0.05) is 12.5 Å². The highest BCUT2D eigenvalue weighted by Crippen LogP contribution is 2.15. The molecule has 2 aromatic rings. The van der Waals surface area contributed by atoms with E-state index >= 15 is 0 Å². The summed E-state index contributed by atoms with van der Waals surface area (Å²) in [5.41, 5.74) is 0. The Morgan fingerprint density at radius 1 is 1.47 bits per heavy atom. The van der Waals surface area contributed by atoms with Gasteiger partial charge in [-0.1, -0.05) is 0 Å². The van der Waals surface area contributed by atoms with Crippen molar-refractivity contribution in [3.8, 4) is 0 Å². The van der Waals surface area contributed by atoms with Crippen molar-refractivity contribution < 1.29 is 18.6 Å². The third kappa shape index (κ3) is 3.21. The molecule has 0 radical (unpaired) electrons. The highest BCUT2D eigenvalue weighted by Gasteiger charge is 2.18. The number of hydrogen-bond donors (Lipinski definition) is 1. The van der Waals surface area contributed by atoms with Crippen LogP contribution < -0.4 is 5.32 Å². The summed E-state index contributed by atoms with van der Waals surface area (Å²) in [4.78, 5) is 21.5. The van der Waals surface area contributed by atoms with Crippen molar-refractivity contribution in [3.05, 3.63) is 52.2 Å². The number of furan rings is 2. The van der Waals surface area contributed by atoms with Crippen LogP contribution in [0, 0.1) is 10.1 Å². The lowest BCUT2D eigenvalue weighted by atomic mass is 10.2. The average Bonchev–Trinajstić information content (AvgIpc) is 2.98. The van der Waals surface area contributed by atoms with Crippen LogP contribution in [0.25, 0.3) is 0 Å². The molecule has 0 bridgehead atoms. The largest absolute Gasteiger partial charge is 0.469 e. The summed E-state index contributed by atoms with van der Waals surface area (Å²) in [7, 11) is 0. The van der Waals surface area contributed by atoms with Crippen LogP contribution in [0.1, 0.15) is 23.2 Å². The standard InChI is InChI=1S/C12H12N2O5/c1-8(7-9-3-2-6-18-9)13-12(15)10-4-5-11(19-10)14(16)17/h2-6,8H,7H2,1H3,(H,13,15). The lowest BCUT2D eigenvalue weighted by Crippen LogP contribution is -2.33. The molecular weight excluding hydrogens is 252 g/mol. The molecule has 19 heavy (non-hydrogen) atoms. The number of nitrogens with one attached hydrogen (secondary N) is 1. The summed E-state index contributed by atoms with van der Waals surface area (Å²) in [6.45, 7) is 1.80. The maximum absolute atomic E-state index is 11.8. The van der Waals surface area contributed by atoms with E-state index in [0.717, 1.165) is 11.8 Å². The van der Waals surface area contributed by atoms with Gasteiger partial charge < -0.3 is 14.2 Å². The van der Waals surface area contributed by atoms with Crippen molar-refractivity contribution in [1.29, 1.82) is 0 Å². The summed E-state index contributed by atoms with van der Waals surface area (Å²) in [5.74, 6) is -0.285. The molecule has 0 aromatic carbocycles. The number of nitro groups is 1. The number of hydrogen-bond acceptors (Lipinski definition) is 5. The van der Waals surface area contributed by atoms with Crippen LogP contribution in [0.3, 0.4) is 0 Å². The smallest absolute Gasteiger partial charge is 0.433 e. The Labute approximate surface area is 108 Å². The molecule has 2 aromatic heterocycles. The van der Waals surface area contributed by atoms with E-state index in [-0.39, 0.29) is 11.8 Å². The molecule has 2 rings (SSSR count). The van der Waals surface area contributed by atoms with Gasteiger partial charge in [-0.15, -0.1) is 0 Å². The fourth-order valence-corrected chi connectivity index (χ4v) is 1.62. The Morgan fingerprint density at radius 2 is 2.26 bits per heavy atom. The van der Waals surface area contributed by atoms with E-state index in [1.807, 2.05) is 0 Å². The number of amides is 1. The van der Waals surface area contributed by atoms with Crippen molar-refractivity contribution in [3.63, 3.8) is 0 Å². The first-order chi connectivity index (χ1) is 9.06. The second kappa shape index (κ2) is 5.38. The Morgan fingerprint density at radius 3 is 2.84 bits per heavy atom. The summed E-state index contributed by atoms with van der Waals surface area (Å²) < 4.78 is 9.97. The molecule has 0 aliphatic rings. The molecule has 1 amide bonds. The summed E-state index contributed by atoms with van der Waals surface area (Å²) in [6.07, 6.45) is 2.08. The van der Waals surface area contributed by atoms with Crippen LogP contribution in [0.2, 0.25) is 0 Å². The lowest BCUT2D eigenvalue weighted by molar-refractivity contribution is -0.402. The Balaban J connectivity index is 1.94. The number of nitrogens with zero attached hydrogens (tertiary/aromatic N) is 1. The first-order valence-corrected chi connectivity index (χ1v) is 5.63. The molecule has 100 valence electrons. The van der Waals surface area contributed by atoms with Crippen LogP contribution in [0.5, 0.6) is 0 Å². The molecule has 1 unspecified atom stereocenters. The molecule has 0 aliphatic heterocycles. The number of carbonyl (C=O) groups excluding carboxylic acids is 1. The van der Waals surface area contributed by atoms with Crippen LogP contribution in [0.15, 0.2) is 39.4 Å². The van der Waals surface area contributed by atoms with Gasteiger partial charge in [-0.2, -0.15) is 0 Å². The Hall–Kier alpha value is -2.57. The van der Waals surface area contributed by atoms with E-state index in [1.54, 1.807) is 25.3 Å². The van der Waals surface area contributed by atoms with Gasteiger partial charge in [-0.25, -0.2) is 0 Å². The average molecular weight is 264 g/mol. The molecule has 1 N–H and O–H groups in total. The van der Waals surface area contributed by atoms with Crippen LogP contribution in [-0.4, -0.2) is 16.9 Å². The van der Waals surface area contributed by atoms with Crippen LogP contribution >= 0.6 is 0 Å². The van der Waals surface area contributed by atoms with Gasteiger partial charge >= 0.3 is 5.88 Å². The molecule has 7 nitrogen and oxygen atoms in total. The lowest BCUT2D eigenvalue weighted by Gasteiger charge is -2.10. The van der Waals surface area contributed by atoms with Gasteiger partial charge in [-0.05, 0) is 25.1 Å². The van der Waals surface area contributed by atoms with Gasteiger partial charge in [0.05, 0.1) is 12.3 Å². The van der Waals surface area contributed by atoms with E-state index in [2.05, 4.69) is 5.32 Å². The monoisotopic (exact) mass is 264 g/mol. The first-order valence-electron chi connectivity index (χ1n) is 5.63. The highest BCUT2D eigenvalue weighted by atomic mass is 16.6. The number of carbonyl (C=O) groups is 1. The van der Waals surface area contributed by atoms with Crippen molar-refractivity contribution in [2.24, 2.45) is 0 Å². The van der Waals surface area contributed by atoms with Crippen LogP contribution in [0.4, 0.5) is 5.88 Å². The molecule has 7 heteroatoms. The Bertz CT molecular complexity index is 573. The van der Waals surface area contributed by atoms with E-state index in [4.69, 9.17) is 8.83 Å². The minimum absolute atomic E-state index is 0.0852. The molecule has 0 fully saturated rings. The zero-order valence-corrected chi connectivity index (χ0v) is 10.2. The minimum Gasteiger partial charge on any atom is -0.469 e. The second-order valence-corrected chi connectivity index (χ2v) is 4.05. The topological polar surface area (TPSA) is 98.5 Å². The highest BCUT2D eigenvalue weighted by molar-refractivity contribution is 5.91. The van der Waals surface area contributed by atoms with E-state index in [9.17, 15) is 14.9 Å². The zero-order chi connectivity index (χ0) is 13.8. The fraction of sp³-hybridized carbons (Fsp3) is 0.250. The predicted octanol–water partition coefficient (Wildman–Crippen LogP) is 2.14. The molecule has 2 heterocycles. The predicted molar refractivity (Wildman–Crippen MR) is 64.7 cm³/mol. The summed E-state index contributed by atoms with van der Waals surface area (Å²) >= 11 is 0. The molecule has 0 saturated carbocycles. The summed E-state index contributed by atoms with van der Waals surface area (Å²) in [5, 5.41) is 13.1. The van der Waals surface area contributed by atoms with Gasteiger partial charge in [-0.3, -0.25) is 14.9 Å². The van der Waals surface area contributed by atoms with Crippen LogP contribution in [-0.2, 0) is 6.42 Å². The van der Waals surface area contributed by atoms with Gasteiger partial charge in [0.25, 0.3) is 5.91 Å². The summed E-state index contributed by atoms with van der Waals surface area (Å²) in [6, 6.07) is 5.81. The third-order valence-electron chi connectivity index (χ3n) is 2.46. The quantitative estimate of drug-likeness (QED) is 0.658. The molecule has 0 aliphatic carbocycles. The van der Waals surface area contributed by atoms with Crippen molar-refractivity contribution in [1.82, 2.24) is 5.32 Å².